The van der Waals surface area contributed by atoms with Crippen LogP contribution in [-0.4, -0.2) is 19.3 Å². The van der Waals surface area contributed by atoms with Crippen LogP contribution in [0.2, 0.25) is 0 Å². The van der Waals surface area contributed by atoms with Gasteiger partial charge in [0.05, 0.1) is 22.9 Å². The Balaban J connectivity index is 1.22. The third-order valence-corrected chi connectivity index (χ3v) is 8.17. The lowest BCUT2D eigenvalue weighted by molar-refractivity contribution is 0.483. The first-order valence-corrected chi connectivity index (χ1v) is 14.8. The van der Waals surface area contributed by atoms with Gasteiger partial charge in [-0.15, -0.1) is 0 Å². The molecule has 0 fully saturated rings. The molecule has 5 nitrogen and oxygen atoms in total. The zero-order valence-electron chi connectivity index (χ0n) is 25.5. The number of aryl methyl sites for hydroxylation is 2. The zero-order valence-corrected chi connectivity index (χ0v) is 25.5. The maximum absolute atomic E-state index is 14.2. The quantitative estimate of drug-likeness (QED) is 0.204. The van der Waals surface area contributed by atoms with E-state index in [0.717, 1.165) is 33.1 Å². The van der Waals surface area contributed by atoms with E-state index in [1.165, 1.54) is 40.6 Å². The van der Waals surface area contributed by atoms with Gasteiger partial charge in [0.25, 0.3) is 0 Å². The molecule has 0 aliphatic carbocycles. The lowest BCUT2D eigenvalue weighted by Gasteiger charge is -2.22. The van der Waals surface area contributed by atoms with Crippen LogP contribution in [0.25, 0.3) is 44.4 Å². The molecule has 4 aromatic carbocycles. The first kappa shape index (κ1) is 27.6. The van der Waals surface area contributed by atoms with E-state index >= 15 is 0 Å². The normalized spacial score (nSPS) is 11.9. The van der Waals surface area contributed by atoms with E-state index in [0.29, 0.717) is 17.3 Å². The molecule has 3 aromatic heterocycles. The Hall–Kier alpha value is -5.23. The fraction of sp³-hybridized carbons (Fsp3) is 0.158. The molecule has 0 amide bonds. The van der Waals surface area contributed by atoms with Gasteiger partial charge >= 0.3 is 0 Å². The topological polar surface area (TPSA) is 44.9 Å². The predicted molar refractivity (Wildman–Crippen MR) is 176 cm³/mol. The summed E-state index contributed by atoms with van der Waals surface area (Å²) in [6.07, 6.45) is 5.48. The van der Waals surface area contributed by atoms with Gasteiger partial charge < -0.3 is 4.74 Å². The summed E-state index contributed by atoms with van der Waals surface area (Å²) in [6.45, 7) is 11.1. The Bertz CT molecular complexity index is 2160. The average Bonchev–Trinajstić information content (AvgIpc) is 3.59. The fourth-order valence-corrected chi connectivity index (χ4v) is 6.05. The van der Waals surface area contributed by atoms with Gasteiger partial charge in [-0.05, 0) is 77.9 Å². The Morgan fingerprint density at radius 3 is 2.27 bits per heavy atom. The van der Waals surface area contributed by atoms with Crippen LogP contribution in [0, 0.1) is 19.7 Å². The van der Waals surface area contributed by atoms with Crippen molar-refractivity contribution in [1.82, 2.24) is 19.3 Å². The van der Waals surface area contributed by atoms with Gasteiger partial charge in [-0.25, -0.2) is 14.1 Å². The third kappa shape index (κ3) is 4.92. The van der Waals surface area contributed by atoms with Crippen molar-refractivity contribution in [3.8, 4) is 34.1 Å². The van der Waals surface area contributed by atoms with Crippen molar-refractivity contribution >= 4 is 21.8 Å². The van der Waals surface area contributed by atoms with Crippen LogP contribution < -0.4 is 4.74 Å². The highest BCUT2D eigenvalue weighted by Gasteiger charge is 2.18. The van der Waals surface area contributed by atoms with Gasteiger partial charge in [0.2, 0.25) is 0 Å². The number of rotatable bonds is 5. The van der Waals surface area contributed by atoms with Crippen LogP contribution >= 0.6 is 0 Å². The molecule has 44 heavy (non-hydrogen) atoms. The van der Waals surface area contributed by atoms with Crippen molar-refractivity contribution in [2.24, 2.45) is 0 Å². The number of aromatic nitrogens is 4. The molecule has 7 aromatic rings. The lowest BCUT2D eigenvalue weighted by atomic mass is 9.83. The van der Waals surface area contributed by atoms with Gasteiger partial charge in [0.1, 0.15) is 23.1 Å². The molecular formula is C38H33FN4O. The van der Waals surface area contributed by atoms with Gasteiger partial charge in [-0.1, -0.05) is 57.2 Å². The number of benzene rings is 4. The third-order valence-electron chi connectivity index (χ3n) is 8.17. The van der Waals surface area contributed by atoms with Crippen LogP contribution in [0.1, 0.15) is 37.5 Å². The van der Waals surface area contributed by atoms with Crippen LogP contribution in [0.15, 0.2) is 110 Å². The molecule has 6 heteroatoms. The largest absolute Gasteiger partial charge is 0.457 e. The molecular weight excluding hydrogens is 547 g/mol. The van der Waals surface area contributed by atoms with Crippen LogP contribution in [0.3, 0.4) is 0 Å². The van der Waals surface area contributed by atoms with Gasteiger partial charge in [0, 0.05) is 46.9 Å². The summed E-state index contributed by atoms with van der Waals surface area (Å²) in [4.78, 5) is 4.46. The lowest BCUT2D eigenvalue weighted by Crippen LogP contribution is -2.12. The fourth-order valence-electron chi connectivity index (χ4n) is 6.05. The molecule has 0 aliphatic rings. The Labute approximate surface area is 256 Å². The summed E-state index contributed by atoms with van der Waals surface area (Å²) in [5.74, 6) is 1.54. The highest BCUT2D eigenvalue weighted by Crippen LogP contribution is 2.36. The molecule has 0 aliphatic heterocycles. The summed E-state index contributed by atoms with van der Waals surface area (Å²) >= 11 is 0. The maximum Gasteiger partial charge on any atom is 0.140 e. The number of hydrogen-bond donors (Lipinski definition) is 0. The summed E-state index contributed by atoms with van der Waals surface area (Å²) < 4.78 is 24.5. The molecule has 218 valence electrons. The second-order valence-corrected chi connectivity index (χ2v) is 12.4. The van der Waals surface area contributed by atoms with E-state index in [9.17, 15) is 4.39 Å². The van der Waals surface area contributed by atoms with Crippen molar-refractivity contribution in [2.45, 2.75) is 40.0 Å². The van der Waals surface area contributed by atoms with E-state index in [4.69, 9.17) is 9.84 Å². The summed E-state index contributed by atoms with van der Waals surface area (Å²) in [6, 6.07) is 29.3. The first-order chi connectivity index (χ1) is 21.2. The number of halogens is 1. The first-order valence-electron chi connectivity index (χ1n) is 14.8. The van der Waals surface area contributed by atoms with Crippen LogP contribution in [-0.2, 0) is 5.41 Å². The molecule has 0 spiro atoms. The second kappa shape index (κ2) is 10.5. The summed E-state index contributed by atoms with van der Waals surface area (Å²) in [7, 11) is 0. The van der Waals surface area contributed by atoms with Crippen molar-refractivity contribution < 1.29 is 9.13 Å². The number of ether oxygens (including phenoxy) is 1. The van der Waals surface area contributed by atoms with Crippen molar-refractivity contribution in [1.29, 1.82) is 0 Å². The van der Waals surface area contributed by atoms with Crippen molar-refractivity contribution in [3.63, 3.8) is 0 Å². The van der Waals surface area contributed by atoms with E-state index in [1.54, 1.807) is 0 Å². The monoisotopic (exact) mass is 580 g/mol. The number of para-hydroxylation sites is 1. The number of fused-ring (bicyclic) bond motifs is 3. The maximum atomic E-state index is 14.2. The average molecular weight is 581 g/mol. The number of nitrogens with zero attached hydrogens (tertiary/aromatic N) is 4. The summed E-state index contributed by atoms with van der Waals surface area (Å²) in [5.41, 5.74) is 8.94. The predicted octanol–water partition coefficient (Wildman–Crippen LogP) is 9.88. The minimum absolute atomic E-state index is 0.0934. The van der Waals surface area contributed by atoms with Crippen LogP contribution in [0.4, 0.5) is 4.39 Å². The van der Waals surface area contributed by atoms with E-state index in [1.807, 2.05) is 76.1 Å². The Kier molecular flexibility index (Phi) is 6.58. The highest BCUT2D eigenvalue weighted by atomic mass is 19.1. The minimum atomic E-state index is -0.334. The van der Waals surface area contributed by atoms with Gasteiger partial charge in [0.15, 0.2) is 0 Å². The molecule has 3 heterocycles. The molecule has 0 saturated heterocycles. The SMILES string of the molecule is Cc1cc(C(C)(C)C)cc(C)c1-c1cnn(-c2cccc(Oc3ccc4c5ccccc5n(-c5cc(F)ccn5)c4c3)c2)c1. The molecule has 7 rings (SSSR count). The van der Waals surface area contributed by atoms with Gasteiger partial charge in [-0.2, -0.15) is 5.10 Å². The molecule has 0 radical (unpaired) electrons. The Morgan fingerprint density at radius 2 is 1.50 bits per heavy atom. The van der Waals surface area contributed by atoms with Gasteiger partial charge in [-0.3, -0.25) is 4.57 Å². The molecule has 0 saturated carbocycles. The van der Waals surface area contributed by atoms with E-state index in [2.05, 4.69) is 64.0 Å². The van der Waals surface area contributed by atoms with E-state index < -0.39 is 0 Å². The molecule has 0 N–H and O–H groups in total. The van der Waals surface area contributed by atoms with E-state index in [-0.39, 0.29) is 11.2 Å². The van der Waals surface area contributed by atoms with Crippen molar-refractivity contribution in [2.75, 3.05) is 0 Å². The molecule has 0 bridgehead atoms. The molecule has 0 unspecified atom stereocenters. The number of pyridine rings is 1. The summed E-state index contributed by atoms with van der Waals surface area (Å²) in [5, 5.41) is 6.81. The number of hydrogen-bond acceptors (Lipinski definition) is 3. The second-order valence-electron chi connectivity index (χ2n) is 12.4. The van der Waals surface area contributed by atoms with Crippen molar-refractivity contribution in [3.05, 3.63) is 132 Å². The zero-order chi connectivity index (χ0) is 30.6. The minimum Gasteiger partial charge on any atom is -0.457 e. The Morgan fingerprint density at radius 1 is 0.750 bits per heavy atom. The smallest absolute Gasteiger partial charge is 0.140 e. The highest BCUT2D eigenvalue weighted by molar-refractivity contribution is 6.09. The standard InChI is InChI=1S/C38H33FN4O/c1-24-17-27(38(3,4)5)18-25(2)37(24)26-22-41-42(23-26)29-9-8-10-30(20-29)44-31-13-14-33-32-11-6-7-12-34(32)43(35(33)21-31)36-19-28(39)15-16-40-36/h6-23H,1-5H3. The van der Waals surface area contributed by atoms with Crippen LogP contribution in [0.5, 0.6) is 11.5 Å². The molecule has 0 atom stereocenters.